The van der Waals surface area contributed by atoms with Crippen LogP contribution in [-0.4, -0.2) is 16.7 Å². The van der Waals surface area contributed by atoms with Crippen LogP contribution in [0.25, 0.3) is 16.6 Å². The minimum Gasteiger partial charge on any atom is -0.495 e. The van der Waals surface area contributed by atoms with Gasteiger partial charge in [0.15, 0.2) is 0 Å². The fraction of sp³-hybridized carbons (Fsp3) is 0.0476. The van der Waals surface area contributed by atoms with E-state index in [1.54, 1.807) is 31.4 Å². The number of para-hydroxylation sites is 3. The van der Waals surface area contributed by atoms with Crippen LogP contribution >= 0.6 is 11.6 Å². The highest BCUT2D eigenvalue weighted by molar-refractivity contribution is 6.31. The Balaban J connectivity index is 2.03. The lowest BCUT2D eigenvalue weighted by atomic mass is 10.2. The Morgan fingerprint density at radius 3 is 2.52 bits per heavy atom. The van der Waals surface area contributed by atoms with Crippen LogP contribution in [0, 0.1) is 0 Å². The molecular weight excluding hydrogens is 362 g/mol. The van der Waals surface area contributed by atoms with Gasteiger partial charge < -0.3 is 10.1 Å². The molecule has 27 heavy (non-hydrogen) atoms. The fourth-order valence-corrected chi connectivity index (χ4v) is 3.10. The van der Waals surface area contributed by atoms with Gasteiger partial charge in [0.05, 0.1) is 23.7 Å². The third kappa shape index (κ3) is 3.25. The van der Waals surface area contributed by atoms with Crippen LogP contribution in [0.5, 0.6) is 5.75 Å². The van der Waals surface area contributed by atoms with Gasteiger partial charge in [-0.05, 0) is 42.5 Å². The minimum atomic E-state index is -0.231. The maximum Gasteiger partial charge on any atom is 0.267 e. The summed E-state index contributed by atoms with van der Waals surface area (Å²) in [6.45, 7) is 0. The smallest absolute Gasteiger partial charge is 0.267 e. The van der Waals surface area contributed by atoms with Crippen molar-refractivity contribution in [2.24, 2.45) is 0 Å². The van der Waals surface area contributed by atoms with Crippen molar-refractivity contribution in [2.75, 3.05) is 12.4 Å². The number of methoxy groups -OCH3 is 1. The molecule has 1 aromatic heterocycles. The molecule has 0 amide bonds. The topological polar surface area (TPSA) is 56.1 Å². The number of rotatable bonds is 4. The van der Waals surface area contributed by atoms with Crippen LogP contribution in [0.3, 0.4) is 0 Å². The first-order valence-corrected chi connectivity index (χ1v) is 8.73. The first kappa shape index (κ1) is 17.1. The van der Waals surface area contributed by atoms with Crippen molar-refractivity contribution in [3.63, 3.8) is 0 Å². The second-order valence-electron chi connectivity index (χ2n) is 5.90. The van der Waals surface area contributed by atoms with Crippen molar-refractivity contribution >= 4 is 34.1 Å². The number of aromatic nitrogens is 2. The zero-order valence-electron chi connectivity index (χ0n) is 14.5. The molecule has 0 aliphatic rings. The summed E-state index contributed by atoms with van der Waals surface area (Å²) in [5.74, 6) is 0.962. The van der Waals surface area contributed by atoms with E-state index < -0.39 is 0 Å². The molecular formula is C21H16ClN3O2. The normalized spacial score (nSPS) is 10.7. The van der Waals surface area contributed by atoms with Gasteiger partial charge in [0.1, 0.15) is 5.75 Å². The average molecular weight is 378 g/mol. The predicted octanol–water partition coefficient (Wildman–Crippen LogP) is 4.79. The number of nitrogens with zero attached hydrogens (tertiary/aromatic N) is 2. The molecule has 4 rings (SSSR count). The van der Waals surface area contributed by atoms with Crippen LogP contribution in [0.4, 0.5) is 11.6 Å². The second kappa shape index (κ2) is 7.13. The lowest BCUT2D eigenvalue weighted by Crippen LogP contribution is -2.23. The number of hydrogen-bond donors (Lipinski definition) is 1. The van der Waals surface area contributed by atoms with Crippen molar-refractivity contribution in [3.05, 3.63) is 88.2 Å². The van der Waals surface area contributed by atoms with E-state index in [1.165, 1.54) is 4.57 Å². The largest absolute Gasteiger partial charge is 0.495 e. The standard InChI is InChI=1S/C21H16ClN3O2/c1-27-19-10-6-5-9-18(19)25-20(26)16-13-14(22)11-12-17(16)24-21(25)23-15-7-3-2-4-8-15/h2-13H,1H3,(H,23,24). The second-order valence-corrected chi connectivity index (χ2v) is 6.34. The maximum atomic E-state index is 13.3. The molecule has 4 aromatic rings. The van der Waals surface area contributed by atoms with E-state index in [0.29, 0.717) is 33.3 Å². The van der Waals surface area contributed by atoms with E-state index in [0.717, 1.165) is 5.69 Å². The van der Waals surface area contributed by atoms with Gasteiger partial charge in [-0.1, -0.05) is 41.9 Å². The Morgan fingerprint density at radius 2 is 1.74 bits per heavy atom. The molecule has 1 heterocycles. The van der Waals surface area contributed by atoms with Crippen molar-refractivity contribution in [1.82, 2.24) is 9.55 Å². The number of benzene rings is 3. The van der Waals surface area contributed by atoms with Gasteiger partial charge in [0.2, 0.25) is 5.95 Å². The van der Waals surface area contributed by atoms with E-state index in [9.17, 15) is 4.79 Å². The monoisotopic (exact) mass is 377 g/mol. The number of nitrogens with one attached hydrogen (secondary N) is 1. The van der Waals surface area contributed by atoms with E-state index in [1.807, 2.05) is 48.5 Å². The highest BCUT2D eigenvalue weighted by Crippen LogP contribution is 2.27. The van der Waals surface area contributed by atoms with Gasteiger partial charge in [-0.3, -0.25) is 4.79 Å². The molecule has 0 saturated heterocycles. The first-order valence-electron chi connectivity index (χ1n) is 8.35. The van der Waals surface area contributed by atoms with Crippen molar-refractivity contribution < 1.29 is 4.74 Å². The molecule has 1 N–H and O–H groups in total. The van der Waals surface area contributed by atoms with Crippen LogP contribution in [0.1, 0.15) is 0 Å². The lowest BCUT2D eigenvalue weighted by Gasteiger charge is -2.17. The molecule has 0 saturated carbocycles. The van der Waals surface area contributed by atoms with Crippen LogP contribution in [0.15, 0.2) is 77.6 Å². The molecule has 0 aliphatic heterocycles. The highest BCUT2D eigenvalue weighted by Gasteiger charge is 2.16. The Labute approximate surface area is 160 Å². The third-order valence-corrected chi connectivity index (χ3v) is 4.42. The summed E-state index contributed by atoms with van der Waals surface area (Å²) in [5, 5.41) is 4.15. The van der Waals surface area contributed by atoms with Crippen LogP contribution in [-0.2, 0) is 0 Å². The Kier molecular flexibility index (Phi) is 4.52. The van der Waals surface area contributed by atoms with Crippen LogP contribution in [0.2, 0.25) is 5.02 Å². The molecule has 0 spiro atoms. The fourth-order valence-electron chi connectivity index (χ4n) is 2.93. The van der Waals surface area contributed by atoms with Gasteiger partial charge in [0.25, 0.3) is 5.56 Å². The number of anilines is 2. The zero-order chi connectivity index (χ0) is 18.8. The Morgan fingerprint density at radius 1 is 1.00 bits per heavy atom. The lowest BCUT2D eigenvalue weighted by molar-refractivity contribution is 0.412. The molecule has 0 atom stereocenters. The molecule has 0 fully saturated rings. The summed E-state index contributed by atoms with van der Waals surface area (Å²) < 4.78 is 6.96. The van der Waals surface area contributed by atoms with Crippen molar-refractivity contribution in [2.45, 2.75) is 0 Å². The molecule has 5 nitrogen and oxygen atoms in total. The highest BCUT2D eigenvalue weighted by atomic mass is 35.5. The summed E-state index contributed by atoms with van der Waals surface area (Å²) in [4.78, 5) is 18.0. The maximum absolute atomic E-state index is 13.3. The molecule has 0 aliphatic carbocycles. The van der Waals surface area contributed by atoms with Gasteiger partial charge in [0, 0.05) is 10.7 Å². The summed E-state index contributed by atoms with van der Waals surface area (Å²) >= 11 is 6.10. The Bertz CT molecular complexity index is 1170. The SMILES string of the molecule is COc1ccccc1-n1c(Nc2ccccc2)nc2ccc(Cl)cc2c1=O. The van der Waals surface area contributed by atoms with Gasteiger partial charge >= 0.3 is 0 Å². The predicted molar refractivity (Wildman–Crippen MR) is 109 cm³/mol. The van der Waals surface area contributed by atoms with E-state index in [4.69, 9.17) is 16.3 Å². The number of fused-ring (bicyclic) bond motifs is 1. The number of ether oxygens (including phenoxy) is 1. The average Bonchev–Trinajstić information content (AvgIpc) is 2.70. The number of halogens is 1. The number of hydrogen-bond acceptors (Lipinski definition) is 4. The van der Waals surface area contributed by atoms with E-state index >= 15 is 0 Å². The van der Waals surface area contributed by atoms with E-state index in [2.05, 4.69) is 10.3 Å². The zero-order valence-corrected chi connectivity index (χ0v) is 15.3. The van der Waals surface area contributed by atoms with Gasteiger partial charge in [-0.2, -0.15) is 0 Å². The van der Waals surface area contributed by atoms with Gasteiger partial charge in [-0.15, -0.1) is 0 Å². The first-order chi connectivity index (χ1) is 13.2. The third-order valence-electron chi connectivity index (χ3n) is 4.19. The van der Waals surface area contributed by atoms with Crippen molar-refractivity contribution in [3.8, 4) is 11.4 Å². The molecule has 0 radical (unpaired) electrons. The summed E-state index contributed by atoms with van der Waals surface area (Å²) in [6.07, 6.45) is 0. The van der Waals surface area contributed by atoms with E-state index in [-0.39, 0.29) is 5.56 Å². The summed E-state index contributed by atoms with van der Waals surface area (Å²) in [6, 6.07) is 22.0. The minimum absolute atomic E-state index is 0.231. The van der Waals surface area contributed by atoms with Gasteiger partial charge in [-0.25, -0.2) is 9.55 Å². The van der Waals surface area contributed by atoms with Crippen LogP contribution < -0.4 is 15.6 Å². The summed E-state index contributed by atoms with van der Waals surface area (Å²) in [7, 11) is 1.57. The molecule has 0 unspecified atom stereocenters. The molecule has 0 bridgehead atoms. The molecule has 6 heteroatoms. The van der Waals surface area contributed by atoms with Crippen molar-refractivity contribution in [1.29, 1.82) is 0 Å². The Hall–Kier alpha value is -3.31. The molecule has 3 aromatic carbocycles. The summed E-state index contributed by atoms with van der Waals surface area (Å²) in [5.41, 5.74) is 1.75. The molecule has 134 valence electrons. The quantitative estimate of drug-likeness (QED) is 0.555.